The lowest BCUT2D eigenvalue weighted by molar-refractivity contribution is -0.105. The number of nitrogens with one attached hydrogen (secondary N) is 2. The maximum absolute atomic E-state index is 10.4. The molecule has 0 aliphatic heterocycles. The van der Waals surface area contributed by atoms with Gasteiger partial charge in [-0.3, -0.25) is 4.79 Å². The highest BCUT2D eigenvalue weighted by atomic mass is 16.1. The van der Waals surface area contributed by atoms with Crippen molar-refractivity contribution >= 4 is 12.1 Å². The van der Waals surface area contributed by atoms with Crippen LogP contribution in [0.4, 0.5) is 5.69 Å². The zero-order valence-electron chi connectivity index (χ0n) is 12.7. The number of hydrogen-bond donors (Lipinski definition) is 2. The van der Waals surface area contributed by atoms with Crippen molar-refractivity contribution in [1.82, 2.24) is 5.32 Å². The summed E-state index contributed by atoms with van der Waals surface area (Å²) in [5.41, 5.74) is 3.62. The number of amides is 1. The van der Waals surface area contributed by atoms with Gasteiger partial charge in [0.2, 0.25) is 6.41 Å². The van der Waals surface area contributed by atoms with Crippen molar-refractivity contribution in [3.63, 3.8) is 0 Å². The normalized spacial score (nSPS) is 19.6. The minimum atomic E-state index is 0.612. The lowest BCUT2D eigenvalue weighted by Gasteiger charge is -2.06. The second kappa shape index (κ2) is 7.23. The summed E-state index contributed by atoms with van der Waals surface area (Å²) in [7, 11) is 0. The van der Waals surface area contributed by atoms with E-state index in [0.29, 0.717) is 18.4 Å². The summed E-state index contributed by atoms with van der Waals surface area (Å²) in [5.74, 6) is 0.627. The molecule has 3 heteroatoms. The van der Waals surface area contributed by atoms with Crippen LogP contribution in [0.3, 0.4) is 0 Å². The zero-order valence-corrected chi connectivity index (χ0v) is 12.7. The van der Waals surface area contributed by atoms with E-state index in [1.54, 1.807) is 0 Å². The second-order valence-corrected chi connectivity index (χ2v) is 5.88. The van der Waals surface area contributed by atoms with Gasteiger partial charge in [0.05, 0.1) is 0 Å². The third kappa shape index (κ3) is 3.95. The van der Waals surface area contributed by atoms with Gasteiger partial charge in [-0.15, -0.1) is 0 Å². The van der Waals surface area contributed by atoms with Crippen LogP contribution in [0, 0.1) is 0 Å². The van der Waals surface area contributed by atoms with Gasteiger partial charge in [0, 0.05) is 17.6 Å². The topological polar surface area (TPSA) is 41.1 Å². The van der Waals surface area contributed by atoms with Crippen LogP contribution < -0.4 is 10.6 Å². The summed E-state index contributed by atoms with van der Waals surface area (Å²) < 4.78 is 0. The molecule has 1 amide bonds. The van der Waals surface area contributed by atoms with E-state index in [1.165, 1.54) is 24.0 Å². The largest absolute Gasteiger partial charge is 0.329 e. The van der Waals surface area contributed by atoms with Crippen molar-refractivity contribution in [3.05, 3.63) is 65.7 Å². The number of anilines is 1. The van der Waals surface area contributed by atoms with E-state index < -0.39 is 0 Å². The molecule has 3 nitrogen and oxygen atoms in total. The highest BCUT2D eigenvalue weighted by Crippen LogP contribution is 2.40. The minimum absolute atomic E-state index is 0.612. The van der Waals surface area contributed by atoms with Crippen molar-refractivity contribution in [2.45, 2.75) is 31.2 Å². The summed E-state index contributed by atoms with van der Waals surface area (Å²) in [5, 5.41) is 6.31. The molecular formula is C19H22N2O. The molecule has 2 N–H and O–H groups in total. The molecule has 1 aliphatic rings. The predicted octanol–water partition coefficient (Wildman–Crippen LogP) is 3.33. The number of rotatable bonds is 8. The molecule has 0 aromatic heterocycles. The Kier molecular flexibility index (Phi) is 4.86. The van der Waals surface area contributed by atoms with Crippen LogP contribution in [-0.2, 0) is 11.2 Å². The van der Waals surface area contributed by atoms with Crippen molar-refractivity contribution in [1.29, 1.82) is 0 Å². The first-order valence-corrected chi connectivity index (χ1v) is 7.94. The van der Waals surface area contributed by atoms with Crippen molar-refractivity contribution in [2.24, 2.45) is 0 Å². The molecule has 0 spiro atoms. The van der Waals surface area contributed by atoms with E-state index in [9.17, 15) is 4.79 Å². The summed E-state index contributed by atoms with van der Waals surface area (Å²) in [6.45, 7) is 1.07. The van der Waals surface area contributed by atoms with E-state index >= 15 is 0 Å². The first-order valence-electron chi connectivity index (χ1n) is 7.94. The first-order chi connectivity index (χ1) is 10.9. The third-order valence-electron chi connectivity index (χ3n) is 4.25. The highest BCUT2D eigenvalue weighted by molar-refractivity contribution is 5.71. The van der Waals surface area contributed by atoms with Gasteiger partial charge in [0.25, 0.3) is 0 Å². The van der Waals surface area contributed by atoms with Crippen LogP contribution in [0.5, 0.6) is 0 Å². The summed E-state index contributed by atoms with van der Waals surface area (Å²) in [6, 6.07) is 19.4. The van der Waals surface area contributed by atoms with Crippen molar-refractivity contribution < 1.29 is 4.79 Å². The standard InChI is InChI=1S/C19H22N2O/c22-14-21-17-10-8-16(9-11-17)18-13-19(18)20-12-4-7-15-5-2-1-3-6-15/h1-3,5-6,8-11,14,18-20H,4,7,12-13H2,(H,21,22). The smallest absolute Gasteiger partial charge is 0.211 e. The fourth-order valence-electron chi connectivity index (χ4n) is 2.91. The van der Waals surface area contributed by atoms with E-state index in [0.717, 1.165) is 18.7 Å². The zero-order chi connectivity index (χ0) is 15.2. The van der Waals surface area contributed by atoms with E-state index in [4.69, 9.17) is 0 Å². The van der Waals surface area contributed by atoms with Gasteiger partial charge in [-0.1, -0.05) is 42.5 Å². The molecular weight excluding hydrogens is 272 g/mol. The molecule has 2 unspecified atom stereocenters. The molecule has 0 radical (unpaired) electrons. The average Bonchev–Trinajstić information content (AvgIpc) is 3.33. The molecule has 2 atom stereocenters. The van der Waals surface area contributed by atoms with Crippen LogP contribution in [0.2, 0.25) is 0 Å². The van der Waals surface area contributed by atoms with Crippen LogP contribution in [0.15, 0.2) is 54.6 Å². The Bertz CT molecular complexity index is 595. The number of carbonyl (C=O) groups excluding carboxylic acids is 1. The van der Waals surface area contributed by atoms with E-state index in [1.807, 2.05) is 12.1 Å². The van der Waals surface area contributed by atoms with Gasteiger partial charge in [-0.25, -0.2) is 0 Å². The molecule has 0 heterocycles. The lowest BCUT2D eigenvalue weighted by Crippen LogP contribution is -2.19. The molecule has 1 aliphatic carbocycles. The first kappa shape index (κ1) is 14.8. The number of carbonyl (C=O) groups is 1. The maximum atomic E-state index is 10.4. The Morgan fingerprint density at radius 3 is 2.55 bits per heavy atom. The molecule has 3 rings (SSSR count). The maximum Gasteiger partial charge on any atom is 0.211 e. The molecule has 1 saturated carbocycles. The van der Waals surface area contributed by atoms with Crippen LogP contribution in [0.25, 0.3) is 0 Å². The average molecular weight is 294 g/mol. The molecule has 114 valence electrons. The van der Waals surface area contributed by atoms with Crippen LogP contribution in [0.1, 0.15) is 29.9 Å². The SMILES string of the molecule is O=CNc1ccc(C2CC2NCCCc2ccccc2)cc1. The van der Waals surface area contributed by atoms with Gasteiger partial charge in [-0.2, -0.15) is 0 Å². The minimum Gasteiger partial charge on any atom is -0.329 e. The van der Waals surface area contributed by atoms with Gasteiger partial charge >= 0.3 is 0 Å². The predicted molar refractivity (Wildman–Crippen MR) is 90.0 cm³/mol. The Morgan fingerprint density at radius 2 is 1.82 bits per heavy atom. The van der Waals surface area contributed by atoms with E-state index in [2.05, 4.69) is 53.1 Å². The lowest BCUT2D eigenvalue weighted by atomic mass is 10.1. The van der Waals surface area contributed by atoms with Gasteiger partial charge in [0.15, 0.2) is 0 Å². The van der Waals surface area contributed by atoms with Crippen LogP contribution in [-0.4, -0.2) is 19.0 Å². The molecule has 22 heavy (non-hydrogen) atoms. The second-order valence-electron chi connectivity index (χ2n) is 5.88. The van der Waals surface area contributed by atoms with Crippen molar-refractivity contribution in [2.75, 3.05) is 11.9 Å². The molecule has 2 aromatic carbocycles. The fourth-order valence-corrected chi connectivity index (χ4v) is 2.91. The Balaban J connectivity index is 1.38. The van der Waals surface area contributed by atoms with Crippen LogP contribution >= 0.6 is 0 Å². The molecule has 1 fully saturated rings. The third-order valence-corrected chi connectivity index (χ3v) is 4.25. The highest BCUT2D eigenvalue weighted by Gasteiger charge is 2.37. The van der Waals surface area contributed by atoms with Crippen molar-refractivity contribution in [3.8, 4) is 0 Å². The number of hydrogen-bond acceptors (Lipinski definition) is 2. The number of benzene rings is 2. The molecule has 0 bridgehead atoms. The summed E-state index contributed by atoms with van der Waals surface area (Å²) in [4.78, 5) is 10.4. The monoisotopic (exact) mass is 294 g/mol. The van der Waals surface area contributed by atoms with Gasteiger partial charge in [-0.05, 0) is 49.1 Å². The number of aryl methyl sites for hydroxylation is 1. The van der Waals surface area contributed by atoms with Gasteiger partial charge in [0.1, 0.15) is 0 Å². The van der Waals surface area contributed by atoms with Gasteiger partial charge < -0.3 is 10.6 Å². The van der Waals surface area contributed by atoms with E-state index in [-0.39, 0.29) is 0 Å². The fraction of sp³-hybridized carbons (Fsp3) is 0.316. The Labute approximate surface area is 131 Å². The molecule has 2 aromatic rings. The molecule has 0 saturated heterocycles. The summed E-state index contributed by atoms with van der Waals surface area (Å²) in [6.07, 6.45) is 4.24. The summed E-state index contributed by atoms with van der Waals surface area (Å²) >= 11 is 0. The quantitative estimate of drug-likeness (QED) is 0.579. The Morgan fingerprint density at radius 1 is 1.05 bits per heavy atom. The Hall–Kier alpha value is -2.13.